The fraction of sp³-hybridized carbons (Fsp3) is 0.0833. The van der Waals surface area contributed by atoms with Crippen LogP contribution in [0.1, 0.15) is 10.5 Å². The lowest BCUT2D eigenvalue weighted by molar-refractivity contribution is -0.384. The van der Waals surface area contributed by atoms with Crippen molar-refractivity contribution in [3.8, 4) is 0 Å². The number of nitrogens with one attached hydrogen (secondary N) is 1. The van der Waals surface area contributed by atoms with Crippen LogP contribution in [0.5, 0.6) is 0 Å². The molecule has 0 unspecified atom stereocenters. The number of aryl methyl sites for hydroxylation is 1. The Morgan fingerprint density at radius 2 is 2.00 bits per heavy atom. The molecule has 1 aromatic heterocycles. The van der Waals surface area contributed by atoms with Crippen molar-refractivity contribution in [2.24, 2.45) is 7.05 Å². The maximum atomic E-state index is 12.0. The summed E-state index contributed by atoms with van der Waals surface area (Å²) >= 11 is 2.17. The summed E-state index contributed by atoms with van der Waals surface area (Å²) in [6.45, 7) is 0. The maximum absolute atomic E-state index is 12.0. The molecule has 7 heteroatoms. The molecule has 2 aromatic rings. The van der Waals surface area contributed by atoms with Gasteiger partial charge in [-0.05, 0) is 46.9 Å². The van der Waals surface area contributed by atoms with Gasteiger partial charge in [-0.15, -0.1) is 0 Å². The molecule has 0 fully saturated rings. The zero-order valence-corrected chi connectivity index (χ0v) is 12.1. The predicted molar refractivity (Wildman–Crippen MR) is 79.2 cm³/mol. The van der Waals surface area contributed by atoms with Crippen molar-refractivity contribution in [2.45, 2.75) is 0 Å². The molecule has 2 rings (SSSR count). The number of halogens is 1. The zero-order chi connectivity index (χ0) is 14.0. The second-order valence-electron chi connectivity index (χ2n) is 3.91. The quantitative estimate of drug-likeness (QED) is 0.512. The third-order valence-corrected chi connectivity index (χ3v) is 3.26. The molecule has 1 heterocycles. The Morgan fingerprint density at radius 3 is 2.53 bits per heavy atom. The van der Waals surface area contributed by atoms with E-state index in [2.05, 4.69) is 27.9 Å². The Hall–Kier alpha value is -1.90. The van der Waals surface area contributed by atoms with Crippen LogP contribution >= 0.6 is 22.6 Å². The molecule has 0 atom stereocenters. The molecular weight excluding hydrogens is 361 g/mol. The Kier molecular flexibility index (Phi) is 3.84. The second-order valence-corrected chi connectivity index (χ2v) is 5.16. The number of aromatic nitrogens is 1. The molecule has 0 spiro atoms. The first-order valence-electron chi connectivity index (χ1n) is 5.35. The first-order chi connectivity index (χ1) is 8.97. The van der Waals surface area contributed by atoms with E-state index in [-0.39, 0.29) is 17.3 Å². The number of anilines is 1. The molecule has 0 radical (unpaired) electrons. The van der Waals surface area contributed by atoms with Gasteiger partial charge in [-0.3, -0.25) is 14.9 Å². The van der Waals surface area contributed by atoms with E-state index in [1.807, 2.05) is 12.1 Å². The molecule has 19 heavy (non-hydrogen) atoms. The Morgan fingerprint density at radius 1 is 1.37 bits per heavy atom. The number of carbonyl (C=O) groups is 1. The number of amides is 1. The molecule has 1 amide bonds. The van der Waals surface area contributed by atoms with Crippen molar-refractivity contribution in [2.75, 3.05) is 5.32 Å². The molecule has 0 aliphatic rings. The van der Waals surface area contributed by atoms with E-state index in [0.29, 0.717) is 5.69 Å². The summed E-state index contributed by atoms with van der Waals surface area (Å²) < 4.78 is 2.49. The average molecular weight is 371 g/mol. The highest BCUT2D eigenvalue weighted by molar-refractivity contribution is 14.1. The first-order valence-corrected chi connectivity index (χ1v) is 6.43. The Labute approximate surface area is 122 Å². The normalized spacial score (nSPS) is 10.2. The van der Waals surface area contributed by atoms with Gasteiger partial charge in [0.2, 0.25) is 0 Å². The van der Waals surface area contributed by atoms with E-state index in [4.69, 9.17) is 0 Å². The van der Waals surface area contributed by atoms with Gasteiger partial charge in [0.1, 0.15) is 5.69 Å². The summed E-state index contributed by atoms with van der Waals surface area (Å²) in [4.78, 5) is 22.1. The lowest BCUT2D eigenvalue weighted by Gasteiger charge is -2.05. The van der Waals surface area contributed by atoms with Crippen LogP contribution in [0.15, 0.2) is 36.5 Å². The molecule has 0 aliphatic carbocycles. The van der Waals surface area contributed by atoms with Crippen molar-refractivity contribution in [3.05, 3.63) is 55.9 Å². The smallest absolute Gasteiger partial charge is 0.287 e. The molecule has 0 bridgehead atoms. The maximum Gasteiger partial charge on any atom is 0.287 e. The van der Waals surface area contributed by atoms with Crippen molar-refractivity contribution in [1.29, 1.82) is 0 Å². The van der Waals surface area contributed by atoms with E-state index < -0.39 is 4.92 Å². The van der Waals surface area contributed by atoms with E-state index in [9.17, 15) is 14.9 Å². The average Bonchev–Trinajstić information content (AvgIpc) is 2.74. The summed E-state index contributed by atoms with van der Waals surface area (Å²) in [5, 5.41) is 13.3. The summed E-state index contributed by atoms with van der Waals surface area (Å²) in [6, 6.07) is 8.53. The lowest BCUT2D eigenvalue weighted by Crippen LogP contribution is -2.15. The predicted octanol–water partition coefficient (Wildman–Crippen LogP) is 2.79. The van der Waals surface area contributed by atoms with Crippen LogP contribution in [0.4, 0.5) is 11.4 Å². The topological polar surface area (TPSA) is 77.2 Å². The van der Waals surface area contributed by atoms with E-state index in [1.165, 1.54) is 16.8 Å². The van der Waals surface area contributed by atoms with Gasteiger partial charge in [0, 0.05) is 22.4 Å². The molecular formula is C12H10IN3O3. The minimum Gasteiger partial charge on any atom is -0.340 e. The van der Waals surface area contributed by atoms with Gasteiger partial charge in [-0.2, -0.15) is 0 Å². The minimum absolute atomic E-state index is 0.102. The van der Waals surface area contributed by atoms with Crippen LogP contribution in [0.25, 0.3) is 0 Å². The van der Waals surface area contributed by atoms with Gasteiger partial charge in [0.25, 0.3) is 11.6 Å². The number of benzene rings is 1. The standard InChI is InChI=1S/C12H10IN3O3/c1-15-7-10(16(18)19)6-11(15)12(17)14-9-4-2-8(13)3-5-9/h2-7H,1H3,(H,14,17). The van der Waals surface area contributed by atoms with Crippen LogP contribution in [-0.2, 0) is 7.05 Å². The SMILES string of the molecule is Cn1cc([N+](=O)[O-])cc1C(=O)Nc1ccc(I)cc1. The molecule has 1 N–H and O–H groups in total. The molecule has 1 aromatic carbocycles. The van der Waals surface area contributed by atoms with Crippen LogP contribution in [-0.4, -0.2) is 15.4 Å². The minimum atomic E-state index is -0.526. The van der Waals surface area contributed by atoms with E-state index in [0.717, 1.165) is 3.57 Å². The van der Waals surface area contributed by atoms with Crippen molar-refractivity contribution >= 4 is 39.9 Å². The second kappa shape index (κ2) is 5.39. The highest BCUT2D eigenvalue weighted by Crippen LogP contribution is 2.17. The van der Waals surface area contributed by atoms with Crippen molar-refractivity contribution in [3.63, 3.8) is 0 Å². The van der Waals surface area contributed by atoms with Crippen molar-refractivity contribution in [1.82, 2.24) is 4.57 Å². The fourth-order valence-electron chi connectivity index (χ4n) is 1.60. The van der Waals surface area contributed by atoms with Crippen molar-refractivity contribution < 1.29 is 9.72 Å². The summed E-state index contributed by atoms with van der Waals surface area (Å²) in [5.74, 6) is -0.378. The van der Waals surface area contributed by atoms with E-state index in [1.54, 1.807) is 19.2 Å². The highest BCUT2D eigenvalue weighted by Gasteiger charge is 2.17. The lowest BCUT2D eigenvalue weighted by atomic mass is 10.3. The number of hydrogen-bond donors (Lipinski definition) is 1. The molecule has 98 valence electrons. The van der Waals surface area contributed by atoms with Crippen LogP contribution in [0.2, 0.25) is 0 Å². The monoisotopic (exact) mass is 371 g/mol. The number of rotatable bonds is 3. The first kappa shape index (κ1) is 13.5. The molecule has 0 aliphatic heterocycles. The van der Waals surface area contributed by atoms with Gasteiger partial charge < -0.3 is 9.88 Å². The number of carbonyl (C=O) groups excluding carboxylic acids is 1. The largest absolute Gasteiger partial charge is 0.340 e. The van der Waals surface area contributed by atoms with Crippen LogP contribution in [0, 0.1) is 13.7 Å². The van der Waals surface area contributed by atoms with Gasteiger partial charge in [-0.25, -0.2) is 0 Å². The third-order valence-electron chi connectivity index (χ3n) is 2.54. The summed E-state index contributed by atoms with van der Waals surface area (Å²) in [5.41, 5.74) is 0.787. The number of nitro groups is 1. The molecule has 0 saturated heterocycles. The molecule has 0 saturated carbocycles. The van der Waals surface area contributed by atoms with Crippen LogP contribution in [0.3, 0.4) is 0 Å². The number of nitrogens with zero attached hydrogens (tertiary/aromatic N) is 2. The summed E-state index contributed by atoms with van der Waals surface area (Å²) in [6.07, 6.45) is 1.31. The Bertz CT molecular complexity index is 634. The zero-order valence-electron chi connectivity index (χ0n) is 9.96. The third kappa shape index (κ3) is 3.11. The van der Waals surface area contributed by atoms with E-state index >= 15 is 0 Å². The van der Waals surface area contributed by atoms with Crippen LogP contribution < -0.4 is 5.32 Å². The van der Waals surface area contributed by atoms with Gasteiger partial charge in [0.05, 0.1) is 11.1 Å². The van der Waals surface area contributed by atoms with Gasteiger partial charge >= 0.3 is 0 Å². The van der Waals surface area contributed by atoms with Gasteiger partial charge in [-0.1, -0.05) is 0 Å². The molecule has 6 nitrogen and oxygen atoms in total. The highest BCUT2D eigenvalue weighted by atomic mass is 127. The van der Waals surface area contributed by atoms with Gasteiger partial charge in [0.15, 0.2) is 0 Å². The summed E-state index contributed by atoms with van der Waals surface area (Å²) in [7, 11) is 1.59. The fourth-order valence-corrected chi connectivity index (χ4v) is 1.96. The Balaban J connectivity index is 2.20. The number of hydrogen-bond acceptors (Lipinski definition) is 3.